The second-order valence-electron chi connectivity index (χ2n) is 2.95. The van der Waals surface area contributed by atoms with Gasteiger partial charge in [0.05, 0.1) is 6.61 Å². The highest BCUT2D eigenvalue weighted by atomic mass is 16.5. The highest BCUT2D eigenvalue weighted by molar-refractivity contribution is 5.15. The Morgan fingerprint density at radius 1 is 1.56 bits per heavy atom. The molecule has 0 radical (unpaired) electrons. The van der Waals surface area contributed by atoms with Crippen molar-refractivity contribution < 1.29 is 4.74 Å². The maximum atomic E-state index is 5.49. The van der Waals surface area contributed by atoms with E-state index in [0.29, 0.717) is 0 Å². The van der Waals surface area contributed by atoms with Crippen molar-refractivity contribution in [2.24, 2.45) is 0 Å². The van der Waals surface area contributed by atoms with Crippen molar-refractivity contribution >= 4 is 0 Å². The van der Waals surface area contributed by atoms with Crippen molar-refractivity contribution in [2.45, 2.75) is 5.60 Å². The molecule has 0 N–H and O–H groups in total. The predicted molar refractivity (Wildman–Crippen MR) is 35.3 cm³/mol. The number of likely N-dealkylation sites (N-methyl/N-ethyl adjacent to an activating group) is 1. The fourth-order valence-electron chi connectivity index (χ4n) is 1.59. The molecule has 0 saturated carbocycles. The molecule has 0 aromatic rings. The highest BCUT2D eigenvalue weighted by Gasteiger charge is 2.41. The molecule has 0 bridgehead atoms. The SMILES string of the molecule is CN1CC2(C=CCO2)C1. The normalized spacial score (nSPS) is 31.2. The van der Waals surface area contributed by atoms with E-state index in [9.17, 15) is 0 Å². The van der Waals surface area contributed by atoms with Gasteiger partial charge >= 0.3 is 0 Å². The summed E-state index contributed by atoms with van der Waals surface area (Å²) in [4.78, 5) is 2.26. The van der Waals surface area contributed by atoms with Crippen molar-refractivity contribution in [3.05, 3.63) is 12.2 Å². The van der Waals surface area contributed by atoms with Gasteiger partial charge in [0, 0.05) is 13.1 Å². The van der Waals surface area contributed by atoms with Gasteiger partial charge in [-0.3, -0.25) is 4.90 Å². The van der Waals surface area contributed by atoms with E-state index in [4.69, 9.17) is 4.74 Å². The van der Waals surface area contributed by atoms with Gasteiger partial charge < -0.3 is 4.74 Å². The van der Waals surface area contributed by atoms with E-state index in [0.717, 1.165) is 19.7 Å². The molecule has 50 valence electrons. The first-order valence-electron chi connectivity index (χ1n) is 3.31. The second-order valence-corrected chi connectivity index (χ2v) is 2.95. The van der Waals surface area contributed by atoms with E-state index in [-0.39, 0.29) is 5.60 Å². The molecule has 0 aromatic carbocycles. The third kappa shape index (κ3) is 0.705. The van der Waals surface area contributed by atoms with Crippen LogP contribution in [0.2, 0.25) is 0 Å². The Morgan fingerprint density at radius 3 is 2.78 bits per heavy atom. The first-order valence-corrected chi connectivity index (χ1v) is 3.31. The van der Waals surface area contributed by atoms with Gasteiger partial charge in [-0.25, -0.2) is 0 Å². The molecule has 2 heteroatoms. The molecular weight excluding hydrogens is 114 g/mol. The first kappa shape index (κ1) is 5.45. The topological polar surface area (TPSA) is 12.5 Å². The van der Waals surface area contributed by atoms with E-state index in [1.165, 1.54) is 0 Å². The van der Waals surface area contributed by atoms with Crippen molar-refractivity contribution in [3.8, 4) is 0 Å². The second kappa shape index (κ2) is 1.58. The van der Waals surface area contributed by atoms with Crippen LogP contribution >= 0.6 is 0 Å². The summed E-state index contributed by atoms with van der Waals surface area (Å²) in [6.07, 6.45) is 4.29. The van der Waals surface area contributed by atoms with Gasteiger partial charge in [0.1, 0.15) is 5.60 Å². The van der Waals surface area contributed by atoms with Crippen LogP contribution in [0.5, 0.6) is 0 Å². The molecule has 2 nitrogen and oxygen atoms in total. The van der Waals surface area contributed by atoms with Crippen LogP contribution in [0, 0.1) is 0 Å². The lowest BCUT2D eigenvalue weighted by Gasteiger charge is -2.43. The molecule has 2 heterocycles. The summed E-state index contributed by atoms with van der Waals surface area (Å²) in [5, 5.41) is 0. The van der Waals surface area contributed by atoms with Crippen LogP contribution in [0.3, 0.4) is 0 Å². The molecule has 0 aromatic heterocycles. The summed E-state index contributed by atoms with van der Waals surface area (Å²) in [5.41, 5.74) is 0.134. The largest absolute Gasteiger partial charge is 0.364 e. The van der Waals surface area contributed by atoms with Crippen LogP contribution in [0.15, 0.2) is 12.2 Å². The fourth-order valence-corrected chi connectivity index (χ4v) is 1.59. The molecule has 1 spiro atoms. The van der Waals surface area contributed by atoms with Gasteiger partial charge in [-0.05, 0) is 7.05 Å². The summed E-state index contributed by atoms with van der Waals surface area (Å²) in [6.45, 7) is 2.96. The Bertz CT molecular complexity index is 147. The smallest absolute Gasteiger partial charge is 0.112 e. The molecular formula is C7H11NO. The Morgan fingerprint density at radius 2 is 2.33 bits per heavy atom. The molecule has 2 aliphatic heterocycles. The molecule has 0 atom stereocenters. The van der Waals surface area contributed by atoms with E-state index in [2.05, 4.69) is 24.1 Å². The molecule has 2 aliphatic rings. The van der Waals surface area contributed by atoms with E-state index < -0.39 is 0 Å². The molecule has 0 aliphatic carbocycles. The van der Waals surface area contributed by atoms with E-state index in [1.807, 2.05) is 0 Å². The summed E-state index contributed by atoms with van der Waals surface area (Å²) >= 11 is 0. The third-order valence-corrected chi connectivity index (χ3v) is 1.96. The maximum Gasteiger partial charge on any atom is 0.112 e. The Balaban J connectivity index is 2.04. The quantitative estimate of drug-likeness (QED) is 0.430. The zero-order valence-corrected chi connectivity index (χ0v) is 5.63. The van der Waals surface area contributed by atoms with Gasteiger partial charge in [0.2, 0.25) is 0 Å². The Kier molecular flexibility index (Phi) is 0.957. The maximum absolute atomic E-state index is 5.49. The minimum absolute atomic E-state index is 0.134. The van der Waals surface area contributed by atoms with Gasteiger partial charge in [0.25, 0.3) is 0 Å². The van der Waals surface area contributed by atoms with E-state index in [1.54, 1.807) is 0 Å². The molecule has 1 fully saturated rings. The minimum atomic E-state index is 0.134. The van der Waals surface area contributed by atoms with Crippen LogP contribution in [0.1, 0.15) is 0 Å². The van der Waals surface area contributed by atoms with Crippen LogP contribution < -0.4 is 0 Å². The summed E-state index contributed by atoms with van der Waals surface area (Å²) in [7, 11) is 2.11. The van der Waals surface area contributed by atoms with Crippen LogP contribution in [0.25, 0.3) is 0 Å². The van der Waals surface area contributed by atoms with Crippen molar-refractivity contribution in [2.75, 3.05) is 26.7 Å². The van der Waals surface area contributed by atoms with Gasteiger partial charge in [-0.1, -0.05) is 12.2 Å². The number of hydrogen-bond acceptors (Lipinski definition) is 2. The number of likely N-dealkylation sites (tertiary alicyclic amines) is 1. The zero-order valence-electron chi connectivity index (χ0n) is 5.63. The van der Waals surface area contributed by atoms with Crippen molar-refractivity contribution in [1.29, 1.82) is 0 Å². The van der Waals surface area contributed by atoms with Gasteiger partial charge in [0.15, 0.2) is 0 Å². The number of ether oxygens (including phenoxy) is 1. The lowest BCUT2D eigenvalue weighted by Crippen LogP contribution is -2.58. The Hall–Kier alpha value is -0.340. The average Bonchev–Trinajstić information content (AvgIpc) is 2.12. The highest BCUT2D eigenvalue weighted by Crippen LogP contribution is 2.28. The van der Waals surface area contributed by atoms with E-state index >= 15 is 0 Å². The van der Waals surface area contributed by atoms with Crippen LogP contribution in [-0.2, 0) is 4.74 Å². The fraction of sp³-hybridized carbons (Fsp3) is 0.714. The predicted octanol–water partition coefficient (Wildman–Crippen LogP) is 0.257. The number of nitrogens with zero attached hydrogens (tertiary/aromatic N) is 1. The third-order valence-electron chi connectivity index (χ3n) is 1.96. The van der Waals surface area contributed by atoms with Crippen molar-refractivity contribution in [1.82, 2.24) is 4.90 Å². The molecule has 1 saturated heterocycles. The number of hydrogen-bond donors (Lipinski definition) is 0. The monoisotopic (exact) mass is 125 g/mol. The first-order chi connectivity index (χ1) is 4.31. The summed E-state index contributed by atoms with van der Waals surface area (Å²) in [6, 6.07) is 0. The molecule has 0 unspecified atom stereocenters. The summed E-state index contributed by atoms with van der Waals surface area (Å²) in [5.74, 6) is 0. The lowest BCUT2D eigenvalue weighted by atomic mass is 9.96. The Labute approximate surface area is 55.1 Å². The van der Waals surface area contributed by atoms with Gasteiger partial charge in [-0.2, -0.15) is 0 Å². The average molecular weight is 125 g/mol. The van der Waals surface area contributed by atoms with Crippen LogP contribution in [0.4, 0.5) is 0 Å². The summed E-state index contributed by atoms with van der Waals surface area (Å²) < 4.78 is 5.49. The van der Waals surface area contributed by atoms with Crippen molar-refractivity contribution in [3.63, 3.8) is 0 Å². The lowest BCUT2D eigenvalue weighted by molar-refractivity contribution is -0.0795. The number of rotatable bonds is 0. The minimum Gasteiger partial charge on any atom is -0.364 e. The molecule has 0 amide bonds. The zero-order chi connectivity index (χ0) is 6.32. The molecule has 9 heavy (non-hydrogen) atoms. The van der Waals surface area contributed by atoms with Gasteiger partial charge in [-0.15, -0.1) is 0 Å². The molecule has 2 rings (SSSR count). The standard InChI is InChI=1S/C7H11NO/c1-8-5-7(6-8)3-2-4-9-7/h2-3H,4-6H2,1H3. The van der Waals surface area contributed by atoms with Crippen LogP contribution in [-0.4, -0.2) is 37.2 Å².